The first-order valence-electron chi connectivity index (χ1n) is 8.13. The van der Waals surface area contributed by atoms with Crippen molar-refractivity contribution in [1.29, 1.82) is 0 Å². The number of pyridine rings is 1. The van der Waals surface area contributed by atoms with Crippen LogP contribution in [0.4, 0.5) is 16.2 Å². The number of urea groups is 1. The number of rotatable bonds is 6. The van der Waals surface area contributed by atoms with E-state index in [4.69, 9.17) is 0 Å². The Hall–Kier alpha value is -2.96. The molecule has 1 aromatic heterocycles. The Balaban J connectivity index is 2.21. The van der Waals surface area contributed by atoms with Crippen molar-refractivity contribution in [2.24, 2.45) is 0 Å². The lowest BCUT2D eigenvalue weighted by atomic mass is 10.1. The number of hydrogen-bond acceptors (Lipinski definition) is 4. The highest BCUT2D eigenvalue weighted by molar-refractivity contribution is 5.90. The minimum atomic E-state index is -0.480. The SMILES string of the molecule is CCCC(c1ccccn1)N(C)C(=O)Nc1cc([N+](=O)[O-])ccc1C. The molecule has 1 atom stereocenters. The van der Waals surface area contributed by atoms with Gasteiger partial charge in [0.25, 0.3) is 5.69 Å². The number of nitro groups is 1. The molecule has 132 valence electrons. The zero-order valence-electron chi connectivity index (χ0n) is 14.6. The number of anilines is 1. The molecule has 0 saturated heterocycles. The summed E-state index contributed by atoms with van der Waals surface area (Å²) in [5.74, 6) is 0. The molecular weight excluding hydrogens is 320 g/mol. The summed E-state index contributed by atoms with van der Waals surface area (Å²) in [6, 6.07) is 9.54. The predicted octanol–water partition coefficient (Wildman–Crippen LogP) is 4.30. The Morgan fingerprint density at radius 3 is 2.72 bits per heavy atom. The van der Waals surface area contributed by atoms with Gasteiger partial charge in [-0.1, -0.05) is 25.5 Å². The molecule has 0 spiro atoms. The van der Waals surface area contributed by atoms with Gasteiger partial charge in [0.1, 0.15) is 0 Å². The van der Waals surface area contributed by atoms with Crippen molar-refractivity contribution >= 4 is 17.4 Å². The summed E-state index contributed by atoms with van der Waals surface area (Å²) in [5.41, 5.74) is 1.95. The van der Waals surface area contributed by atoms with Crippen LogP contribution < -0.4 is 5.32 Å². The van der Waals surface area contributed by atoms with Crippen LogP contribution in [0, 0.1) is 17.0 Å². The van der Waals surface area contributed by atoms with Crippen molar-refractivity contribution in [2.45, 2.75) is 32.7 Å². The smallest absolute Gasteiger partial charge is 0.319 e. The zero-order valence-corrected chi connectivity index (χ0v) is 14.6. The van der Waals surface area contributed by atoms with Crippen molar-refractivity contribution in [1.82, 2.24) is 9.88 Å². The molecular formula is C18H22N4O3. The largest absolute Gasteiger partial charge is 0.322 e. The third kappa shape index (κ3) is 4.53. The van der Waals surface area contributed by atoms with E-state index < -0.39 is 4.92 Å². The number of non-ortho nitro benzene ring substituents is 1. The molecule has 7 heteroatoms. The summed E-state index contributed by atoms with van der Waals surface area (Å²) >= 11 is 0. The van der Waals surface area contributed by atoms with E-state index in [0.717, 1.165) is 24.1 Å². The summed E-state index contributed by atoms with van der Waals surface area (Å²) in [6.07, 6.45) is 3.37. The quantitative estimate of drug-likeness (QED) is 0.626. The summed E-state index contributed by atoms with van der Waals surface area (Å²) in [7, 11) is 1.71. The van der Waals surface area contributed by atoms with Crippen molar-refractivity contribution in [2.75, 3.05) is 12.4 Å². The molecule has 7 nitrogen and oxygen atoms in total. The van der Waals surface area contributed by atoms with Crippen LogP contribution in [0.1, 0.15) is 37.1 Å². The standard InChI is InChI=1S/C18H22N4O3/c1-4-7-17(15-8-5-6-11-19-15)21(3)18(23)20-16-12-14(22(24)25)10-9-13(16)2/h5-6,8-12,17H,4,7H2,1-3H3,(H,20,23). The molecule has 2 aromatic rings. The van der Waals surface area contributed by atoms with Crippen LogP contribution in [0.15, 0.2) is 42.6 Å². The number of carbonyl (C=O) groups excluding carboxylic acids is 1. The van der Waals surface area contributed by atoms with E-state index in [1.807, 2.05) is 25.1 Å². The fourth-order valence-electron chi connectivity index (χ4n) is 2.59. The van der Waals surface area contributed by atoms with E-state index in [9.17, 15) is 14.9 Å². The molecule has 0 radical (unpaired) electrons. The number of aryl methyl sites for hydroxylation is 1. The number of amides is 2. The Kier molecular flexibility index (Phi) is 6.05. The second kappa shape index (κ2) is 8.23. The molecule has 2 amide bonds. The summed E-state index contributed by atoms with van der Waals surface area (Å²) < 4.78 is 0. The number of aromatic nitrogens is 1. The third-order valence-electron chi connectivity index (χ3n) is 4.05. The molecule has 1 unspecified atom stereocenters. The van der Waals surface area contributed by atoms with Crippen molar-refractivity contribution in [3.05, 3.63) is 64.0 Å². The van der Waals surface area contributed by atoms with E-state index in [1.165, 1.54) is 12.1 Å². The average Bonchev–Trinajstić information content (AvgIpc) is 2.61. The Morgan fingerprint density at radius 1 is 1.36 bits per heavy atom. The Bertz CT molecular complexity index is 749. The fraction of sp³-hybridized carbons (Fsp3) is 0.333. The molecule has 0 fully saturated rings. The van der Waals surface area contributed by atoms with Gasteiger partial charge >= 0.3 is 6.03 Å². The first kappa shape index (κ1) is 18.4. The summed E-state index contributed by atoms with van der Waals surface area (Å²) in [4.78, 5) is 29.0. The third-order valence-corrected chi connectivity index (χ3v) is 4.05. The van der Waals surface area contributed by atoms with Crippen molar-refractivity contribution < 1.29 is 9.72 Å². The van der Waals surface area contributed by atoms with Gasteiger partial charge in [-0.05, 0) is 31.0 Å². The molecule has 1 heterocycles. The zero-order chi connectivity index (χ0) is 18.4. The van der Waals surface area contributed by atoms with Gasteiger partial charge in [-0.15, -0.1) is 0 Å². The van der Waals surface area contributed by atoms with Gasteiger partial charge in [-0.3, -0.25) is 15.1 Å². The predicted molar refractivity (Wildman–Crippen MR) is 96.5 cm³/mol. The highest BCUT2D eigenvalue weighted by Gasteiger charge is 2.23. The lowest BCUT2D eigenvalue weighted by Crippen LogP contribution is -2.35. The monoisotopic (exact) mass is 342 g/mol. The van der Waals surface area contributed by atoms with Crippen LogP contribution in [0.25, 0.3) is 0 Å². The second-order valence-corrected chi connectivity index (χ2v) is 5.86. The maximum atomic E-state index is 12.7. The van der Waals surface area contributed by atoms with E-state index in [1.54, 1.807) is 31.1 Å². The Morgan fingerprint density at radius 2 is 2.12 bits per heavy atom. The summed E-state index contributed by atoms with van der Waals surface area (Å²) in [6.45, 7) is 3.84. The van der Waals surface area contributed by atoms with Crippen LogP contribution in [-0.4, -0.2) is 27.9 Å². The number of benzene rings is 1. The first-order valence-corrected chi connectivity index (χ1v) is 8.13. The molecule has 1 aromatic carbocycles. The van der Waals surface area contributed by atoms with Gasteiger partial charge in [-0.2, -0.15) is 0 Å². The molecule has 25 heavy (non-hydrogen) atoms. The van der Waals surface area contributed by atoms with Gasteiger partial charge < -0.3 is 10.2 Å². The maximum Gasteiger partial charge on any atom is 0.322 e. The minimum absolute atomic E-state index is 0.0570. The van der Waals surface area contributed by atoms with Gasteiger partial charge in [0, 0.05) is 25.4 Å². The highest BCUT2D eigenvalue weighted by atomic mass is 16.6. The van der Waals surface area contributed by atoms with E-state index in [2.05, 4.69) is 10.3 Å². The molecule has 0 aliphatic heterocycles. The van der Waals surface area contributed by atoms with Crippen molar-refractivity contribution in [3.63, 3.8) is 0 Å². The van der Waals surface area contributed by atoms with E-state index in [0.29, 0.717) is 5.69 Å². The molecule has 0 saturated carbocycles. The second-order valence-electron chi connectivity index (χ2n) is 5.86. The average molecular weight is 342 g/mol. The number of nitrogens with one attached hydrogen (secondary N) is 1. The highest BCUT2D eigenvalue weighted by Crippen LogP contribution is 2.26. The molecule has 0 aliphatic carbocycles. The van der Waals surface area contributed by atoms with Gasteiger partial charge in [0.05, 0.1) is 22.3 Å². The number of nitrogens with zero attached hydrogens (tertiary/aromatic N) is 3. The van der Waals surface area contributed by atoms with Gasteiger partial charge in [0.15, 0.2) is 0 Å². The lowest BCUT2D eigenvalue weighted by molar-refractivity contribution is -0.384. The van der Waals surface area contributed by atoms with E-state index >= 15 is 0 Å². The van der Waals surface area contributed by atoms with Crippen LogP contribution in [0.2, 0.25) is 0 Å². The van der Waals surface area contributed by atoms with Crippen LogP contribution in [-0.2, 0) is 0 Å². The maximum absolute atomic E-state index is 12.7. The first-order chi connectivity index (χ1) is 11.9. The topological polar surface area (TPSA) is 88.4 Å². The molecule has 1 N–H and O–H groups in total. The number of nitro benzene ring substituents is 1. The molecule has 0 aliphatic rings. The lowest BCUT2D eigenvalue weighted by Gasteiger charge is -2.28. The van der Waals surface area contributed by atoms with Crippen molar-refractivity contribution in [3.8, 4) is 0 Å². The van der Waals surface area contributed by atoms with Crippen LogP contribution in [0.3, 0.4) is 0 Å². The normalized spacial score (nSPS) is 11.6. The molecule has 0 bridgehead atoms. The Labute approximate surface area is 146 Å². The minimum Gasteiger partial charge on any atom is -0.319 e. The van der Waals surface area contributed by atoms with E-state index in [-0.39, 0.29) is 17.8 Å². The number of hydrogen-bond donors (Lipinski definition) is 1. The molecule has 2 rings (SSSR count). The fourth-order valence-corrected chi connectivity index (χ4v) is 2.59. The van der Waals surface area contributed by atoms with Gasteiger partial charge in [0.2, 0.25) is 0 Å². The number of carbonyl (C=O) groups is 1. The van der Waals surface area contributed by atoms with Crippen LogP contribution >= 0.6 is 0 Å². The van der Waals surface area contributed by atoms with Gasteiger partial charge in [-0.25, -0.2) is 4.79 Å². The summed E-state index contributed by atoms with van der Waals surface area (Å²) in [5, 5.41) is 13.7. The van der Waals surface area contributed by atoms with Crippen LogP contribution in [0.5, 0.6) is 0 Å².